The van der Waals surface area contributed by atoms with Crippen molar-refractivity contribution in [2.45, 2.75) is 33.2 Å². The third-order valence-corrected chi connectivity index (χ3v) is 4.05. The number of rotatable bonds is 8. The van der Waals surface area contributed by atoms with Crippen molar-refractivity contribution in [2.24, 2.45) is 0 Å². The molecule has 2 aromatic carbocycles. The van der Waals surface area contributed by atoms with E-state index in [4.69, 9.17) is 21.1 Å². The maximum Gasteiger partial charge on any atom is 0.255 e. The average Bonchev–Trinajstić information content (AvgIpc) is 2.66. The zero-order chi connectivity index (χ0) is 20.7. The number of anilines is 1. The number of hydrogen-bond donors (Lipinski definition) is 2. The first-order valence-electron chi connectivity index (χ1n) is 9.08. The van der Waals surface area contributed by atoms with E-state index in [2.05, 4.69) is 10.6 Å². The molecule has 28 heavy (non-hydrogen) atoms. The minimum Gasteiger partial charge on any atom is -0.493 e. The molecule has 2 aromatic rings. The Kier molecular flexibility index (Phi) is 7.70. The first-order chi connectivity index (χ1) is 13.3. The van der Waals surface area contributed by atoms with E-state index in [1.807, 2.05) is 20.8 Å². The van der Waals surface area contributed by atoms with Gasteiger partial charge in [-0.3, -0.25) is 9.59 Å². The molecule has 0 spiro atoms. The lowest BCUT2D eigenvalue weighted by atomic mass is 10.1. The fourth-order valence-corrected chi connectivity index (χ4v) is 2.71. The van der Waals surface area contributed by atoms with Crippen molar-refractivity contribution in [3.05, 3.63) is 52.5 Å². The van der Waals surface area contributed by atoms with Crippen LogP contribution >= 0.6 is 11.6 Å². The van der Waals surface area contributed by atoms with Crippen molar-refractivity contribution in [1.29, 1.82) is 0 Å². The van der Waals surface area contributed by atoms with Gasteiger partial charge in [-0.25, -0.2) is 0 Å². The molecular formula is C21H25ClN2O4. The minimum absolute atomic E-state index is 0.0517. The van der Waals surface area contributed by atoms with Gasteiger partial charge in [-0.15, -0.1) is 0 Å². The Labute approximate surface area is 170 Å². The molecule has 0 bridgehead atoms. The van der Waals surface area contributed by atoms with Gasteiger partial charge in [0.2, 0.25) is 0 Å². The molecule has 0 aliphatic carbocycles. The number of carbonyl (C=O) groups excluding carboxylic acids is 2. The van der Waals surface area contributed by atoms with E-state index < -0.39 is 0 Å². The molecule has 2 amide bonds. The fraction of sp³-hybridized carbons (Fsp3) is 0.333. The van der Waals surface area contributed by atoms with Gasteiger partial charge in [0.15, 0.2) is 11.5 Å². The molecule has 0 fully saturated rings. The van der Waals surface area contributed by atoms with E-state index >= 15 is 0 Å². The maximum absolute atomic E-state index is 12.6. The molecule has 2 rings (SSSR count). The zero-order valence-corrected chi connectivity index (χ0v) is 17.2. The smallest absolute Gasteiger partial charge is 0.255 e. The second kappa shape index (κ2) is 9.99. The standard InChI is InChI=1S/C21H25ClN2O4/c1-5-10-28-19-17(22)11-15(12-18(19)27-4)21(26)24-16-8-6-14(7-9-16)20(25)23-13(2)3/h6-9,11-13H,5,10H2,1-4H3,(H,23,25)(H,24,26). The van der Waals surface area contributed by atoms with Crippen LogP contribution in [0.4, 0.5) is 5.69 Å². The van der Waals surface area contributed by atoms with Gasteiger partial charge in [0.25, 0.3) is 11.8 Å². The van der Waals surface area contributed by atoms with Crippen LogP contribution in [-0.2, 0) is 0 Å². The van der Waals surface area contributed by atoms with Crippen LogP contribution < -0.4 is 20.1 Å². The highest BCUT2D eigenvalue weighted by Crippen LogP contribution is 2.36. The van der Waals surface area contributed by atoms with Crippen molar-refractivity contribution >= 4 is 29.1 Å². The Bertz CT molecular complexity index is 835. The summed E-state index contributed by atoms with van der Waals surface area (Å²) in [6.45, 7) is 6.27. The predicted molar refractivity (Wildman–Crippen MR) is 111 cm³/mol. The number of hydrogen-bond acceptors (Lipinski definition) is 4. The third-order valence-electron chi connectivity index (χ3n) is 3.77. The molecule has 7 heteroatoms. The largest absolute Gasteiger partial charge is 0.493 e. The van der Waals surface area contributed by atoms with Crippen molar-refractivity contribution in [3.63, 3.8) is 0 Å². The normalized spacial score (nSPS) is 10.5. The summed E-state index contributed by atoms with van der Waals surface area (Å²) in [5, 5.41) is 5.90. The average molecular weight is 405 g/mol. The Hall–Kier alpha value is -2.73. The number of nitrogens with one attached hydrogen (secondary N) is 2. The summed E-state index contributed by atoms with van der Waals surface area (Å²) in [5.74, 6) is 0.309. The molecule has 0 saturated heterocycles. The quantitative estimate of drug-likeness (QED) is 0.677. The summed E-state index contributed by atoms with van der Waals surface area (Å²) in [5.41, 5.74) is 1.42. The number of halogens is 1. The second-order valence-corrected chi connectivity index (χ2v) is 6.90. The van der Waals surface area contributed by atoms with Gasteiger partial charge in [-0.1, -0.05) is 18.5 Å². The molecule has 0 atom stereocenters. The molecule has 0 aliphatic rings. The number of methoxy groups -OCH3 is 1. The van der Waals surface area contributed by atoms with Crippen LogP contribution in [0.25, 0.3) is 0 Å². The molecule has 0 saturated carbocycles. The zero-order valence-electron chi connectivity index (χ0n) is 16.5. The topological polar surface area (TPSA) is 76.7 Å². The first-order valence-corrected chi connectivity index (χ1v) is 9.46. The molecule has 0 aromatic heterocycles. The highest BCUT2D eigenvalue weighted by Gasteiger charge is 2.16. The Morgan fingerprint density at radius 1 is 1.07 bits per heavy atom. The van der Waals surface area contributed by atoms with E-state index in [9.17, 15) is 9.59 Å². The van der Waals surface area contributed by atoms with E-state index in [0.29, 0.717) is 39.9 Å². The van der Waals surface area contributed by atoms with Crippen LogP contribution in [0, 0.1) is 0 Å². The third kappa shape index (κ3) is 5.63. The molecule has 0 aliphatic heterocycles. The van der Waals surface area contributed by atoms with E-state index in [0.717, 1.165) is 6.42 Å². The van der Waals surface area contributed by atoms with Gasteiger partial charge in [-0.05, 0) is 56.7 Å². The molecule has 0 unspecified atom stereocenters. The highest BCUT2D eigenvalue weighted by atomic mass is 35.5. The Morgan fingerprint density at radius 2 is 1.75 bits per heavy atom. The summed E-state index contributed by atoms with van der Waals surface area (Å²) in [6.07, 6.45) is 0.826. The van der Waals surface area contributed by atoms with Crippen LogP contribution in [0.5, 0.6) is 11.5 Å². The second-order valence-electron chi connectivity index (χ2n) is 6.50. The van der Waals surface area contributed by atoms with Crippen LogP contribution in [0.2, 0.25) is 5.02 Å². The van der Waals surface area contributed by atoms with Crippen molar-refractivity contribution < 1.29 is 19.1 Å². The van der Waals surface area contributed by atoms with E-state index in [1.54, 1.807) is 30.3 Å². The lowest BCUT2D eigenvalue weighted by molar-refractivity contribution is 0.0942. The SMILES string of the molecule is CCCOc1c(Cl)cc(C(=O)Nc2ccc(C(=O)NC(C)C)cc2)cc1OC. The first kappa shape index (κ1) is 21.6. The molecule has 0 heterocycles. The van der Waals surface area contributed by atoms with Crippen LogP contribution in [0.15, 0.2) is 36.4 Å². The number of amides is 2. The van der Waals surface area contributed by atoms with Crippen LogP contribution in [-0.4, -0.2) is 31.6 Å². The molecular weight excluding hydrogens is 380 g/mol. The molecule has 6 nitrogen and oxygen atoms in total. The lowest BCUT2D eigenvalue weighted by Crippen LogP contribution is -2.30. The monoisotopic (exact) mass is 404 g/mol. The lowest BCUT2D eigenvalue weighted by Gasteiger charge is -2.14. The van der Waals surface area contributed by atoms with Crippen LogP contribution in [0.1, 0.15) is 47.9 Å². The number of carbonyl (C=O) groups is 2. The van der Waals surface area contributed by atoms with Crippen molar-refractivity contribution in [3.8, 4) is 11.5 Å². The van der Waals surface area contributed by atoms with E-state index in [-0.39, 0.29) is 17.9 Å². The summed E-state index contributed by atoms with van der Waals surface area (Å²) < 4.78 is 10.9. The maximum atomic E-state index is 12.6. The highest BCUT2D eigenvalue weighted by molar-refractivity contribution is 6.32. The van der Waals surface area contributed by atoms with Gasteiger partial charge in [0.05, 0.1) is 18.7 Å². The number of benzene rings is 2. The molecule has 150 valence electrons. The van der Waals surface area contributed by atoms with Gasteiger partial charge in [0.1, 0.15) is 0 Å². The van der Waals surface area contributed by atoms with Gasteiger partial charge >= 0.3 is 0 Å². The van der Waals surface area contributed by atoms with E-state index in [1.165, 1.54) is 13.2 Å². The predicted octanol–water partition coefficient (Wildman–Crippen LogP) is 4.53. The summed E-state index contributed by atoms with van der Waals surface area (Å²) >= 11 is 6.26. The minimum atomic E-state index is -0.346. The van der Waals surface area contributed by atoms with Gasteiger partial charge in [-0.2, -0.15) is 0 Å². The Morgan fingerprint density at radius 3 is 2.32 bits per heavy atom. The molecule has 2 N–H and O–H groups in total. The summed E-state index contributed by atoms with van der Waals surface area (Å²) in [7, 11) is 1.49. The van der Waals surface area contributed by atoms with Gasteiger partial charge < -0.3 is 20.1 Å². The molecule has 0 radical (unpaired) electrons. The van der Waals surface area contributed by atoms with Crippen LogP contribution in [0.3, 0.4) is 0 Å². The van der Waals surface area contributed by atoms with Crippen molar-refractivity contribution in [2.75, 3.05) is 19.0 Å². The summed E-state index contributed by atoms with van der Waals surface area (Å²) in [6, 6.07) is 9.82. The van der Waals surface area contributed by atoms with Crippen molar-refractivity contribution in [1.82, 2.24) is 5.32 Å². The number of ether oxygens (including phenoxy) is 2. The summed E-state index contributed by atoms with van der Waals surface area (Å²) in [4.78, 5) is 24.6. The fourth-order valence-electron chi connectivity index (χ4n) is 2.45. The van der Waals surface area contributed by atoms with Gasteiger partial charge in [0, 0.05) is 22.9 Å². The Balaban J connectivity index is 2.14.